The van der Waals surface area contributed by atoms with Gasteiger partial charge in [0.15, 0.2) is 0 Å². The molecule has 2 unspecified atom stereocenters. The van der Waals surface area contributed by atoms with Crippen LogP contribution < -0.4 is 5.73 Å². The molecule has 0 aliphatic carbocycles. The van der Waals surface area contributed by atoms with Crippen molar-refractivity contribution in [3.05, 3.63) is 0 Å². The second-order valence-electron chi connectivity index (χ2n) is 3.83. The third kappa shape index (κ3) is 3.18. The Balaban J connectivity index is 3.87. The van der Waals surface area contributed by atoms with E-state index in [2.05, 4.69) is 13.8 Å². The summed E-state index contributed by atoms with van der Waals surface area (Å²) in [5.41, 5.74) is 5.76. The van der Waals surface area contributed by atoms with Crippen LogP contribution in [-0.2, 0) is 0 Å². The number of aliphatic hydroxyl groups excluding tert-OH is 1. The van der Waals surface area contributed by atoms with E-state index in [4.69, 9.17) is 10.8 Å². The monoisotopic (exact) mass is 145 g/mol. The molecule has 0 radical (unpaired) electrons. The van der Waals surface area contributed by atoms with Gasteiger partial charge in [-0.1, -0.05) is 13.8 Å². The Morgan fingerprint density at radius 1 is 1.40 bits per heavy atom. The predicted octanol–water partition coefficient (Wildman–Crippen LogP) is 1.13. The third-order valence-corrected chi connectivity index (χ3v) is 2.05. The van der Waals surface area contributed by atoms with Gasteiger partial charge < -0.3 is 10.8 Å². The lowest BCUT2D eigenvalue weighted by Crippen LogP contribution is -2.36. The number of hydrogen-bond acceptors (Lipinski definition) is 2. The minimum Gasteiger partial charge on any atom is -0.393 e. The van der Waals surface area contributed by atoms with Crippen molar-refractivity contribution >= 4 is 0 Å². The Bertz CT molecular complexity index is 97.4. The highest BCUT2D eigenvalue weighted by Gasteiger charge is 2.24. The Labute approximate surface area is 63.4 Å². The average molecular weight is 145 g/mol. The van der Waals surface area contributed by atoms with Crippen LogP contribution in [0.1, 0.15) is 34.1 Å². The Hall–Kier alpha value is -0.0800. The van der Waals surface area contributed by atoms with Crippen molar-refractivity contribution in [3.63, 3.8) is 0 Å². The molecule has 2 nitrogen and oxygen atoms in total. The van der Waals surface area contributed by atoms with E-state index in [1.54, 1.807) is 6.92 Å². The Morgan fingerprint density at radius 3 is 1.90 bits per heavy atom. The first-order valence-electron chi connectivity index (χ1n) is 3.80. The van der Waals surface area contributed by atoms with E-state index in [9.17, 15) is 0 Å². The minimum atomic E-state index is -0.249. The molecule has 2 heteroatoms. The first kappa shape index (κ1) is 9.92. The van der Waals surface area contributed by atoms with E-state index in [1.165, 1.54) is 0 Å². The zero-order valence-electron chi connectivity index (χ0n) is 7.39. The highest BCUT2D eigenvalue weighted by atomic mass is 16.3. The molecular formula is C8H19NO. The van der Waals surface area contributed by atoms with Gasteiger partial charge in [0.1, 0.15) is 0 Å². The molecule has 0 amide bonds. The van der Waals surface area contributed by atoms with Crippen molar-refractivity contribution in [1.29, 1.82) is 0 Å². The molecule has 2 atom stereocenters. The zero-order chi connectivity index (χ0) is 8.36. The van der Waals surface area contributed by atoms with E-state index >= 15 is 0 Å². The highest BCUT2D eigenvalue weighted by molar-refractivity contribution is 4.79. The van der Waals surface area contributed by atoms with E-state index in [0.29, 0.717) is 0 Å². The molecule has 62 valence electrons. The predicted molar refractivity (Wildman–Crippen MR) is 43.7 cm³/mol. The van der Waals surface area contributed by atoms with Gasteiger partial charge in [0, 0.05) is 6.04 Å². The topological polar surface area (TPSA) is 46.2 Å². The van der Waals surface area contributed by atoms with Crippen LogP contribution >= 0.6 is 0 Å². The van der Waals surface area contributed by atoms with E-state index in [-0.39, 0.29) is 17.6 Å². The molecule has 0 aromatic carbocycles. The second kappa shape index (κ2) is 3.35. The van der Waals surface area contributed by atoms with Gasteiger partial charge in [-0.15, -0.1) is 0 Å². The number of hydrogen-bond donors (Lipinski definition) is 2. The Morgan fingerprint density at radius 2 is 1.80 bits per heavy atom. The summed E-state index contributed by atoms with van der Waals surface area (Å²) < 4.78 is 0. The first-order valence-corrected chi connectivity index (χ1v) is 3.80. The summed E-state index contributed by atoms with van der Waals surface area (Å²) in [5, 5.41) is 9.08. The van der Waals surface area contributed by atoms with Crippen molar-refractivity contribution in [2.45, 2.75) is 46.3 Å². The van der Waals surface area contributed by atoms with Gasteiger partial charge in [-0.25, -0.2) is 0 Å². The van der Waals surface area contributed by atoms with Gasteiger partial charge in [0.05, 0.1) is 6.10 Å². The zero-order valence-corrected chi connectivity index (χ0v) is 7.39. The van der Waals surface area contributed by atoms with Crippen LogP contribution in [0.2, 0.25) is 0 Å². The van der Waals surface area contributed by atoms with Crippen LogP contribution in [0.25, 0.3) is 0 Å². The molecule has 0 rings (SSSR count). The molecule has 0 aromatic heterocycles. The van der Waals surface area contributed by atoms with Crippen LogP contribution in [0.15, 0.2) is 0 Å². The third-order valence-electron chi connectivity index (χ3n) is 2.05. The standard InChI is InChI=1S/C8H19NO/c1-6(10)5-8(3,4)7(2)9/h6-7,10H,5,9H2,1-4H3. The van der Waals surface area contributed by atoms with Crippen molar-refractivity contribution in [2.24, 2.45) is 11.1 Å². The molecule has 0 heterocycles. The molecule has 0 aliphatic rings. The maximum atomic E-state index is 9.08. The smallest absolute Gasteiger partial charge is 0.0517 e. The average Bonchev–Trinajstić information content (AvgIpc) is 1.60. The second-order valence-corrected chi connectivity index (χ2v) is 3.83. The quantitative estimate of drug-likeness (QED) is 0.625. The van der Waals surface area contributed by atoms with Crippen LogP contribution in [0.5, 0.6) is 0 Å². The summed E-state index contributed by atoms with van der Waals surface area (Å²) in [6, 6.07) is 0.141. The molecule has 0 bridgehead atoms. The number of aliphatic hydroxyl groups is 1. The van der Waals surface area contributed by atoms with Crippen molar-refractivity contribution in [2.75, 3.05) is 0 Å². The molecule has 10 heavy (non-hydrogen) atoms. The van der Waals surface area contributed by atoms with E-state index in [1.807, 2.05) is 6.92 Å². The van der Waals surface area contributed by atoms with Gasteiger partial charge >= 0.3 is 0 Å². The van der Waals surface area contributed by atoms with Crippen molar-refractivity contribution in [3.8, 4) is 0 Å². The SMILES string of the molecule is CC(O)CC(C)(C)C(C)N. The summed E-state index contributed by atoms with van der Waals surface area (Å²) in [4.78, 5) is 0. The van der Waals surface area contributed by atoms with Crippen LogP contribution in [0.4, 0.5) is 0 Å². The van der Waals surface area contributed by atoms with E-state index < -0.39 is 0 Å². The van der Waals surface area contributed by atoms with Gasteiger partial charge in [-0.2, -0.15) is 0 Å². The maximum absolute atomic E-state index is 9.08. The van der Waals surface area contributed by atoms with Gasteiger partial charge in [0.25, 0.3) is 0 Å². The summed E-state index contributed by atoms with van der Waals surface area (Å²) in [7, 11) is 0. The Kier molecular flexibility index (Phi) is 3.33. The van der Waals surface area contributed by atoms with Crippen molar-refractivity contribution in [1.82, 2.24) is 0 Å². The largest absolute Gasteiger partial charge is 0.393 e. The van der Waals surface area contributed by atoms with Crippen LogP contribution in [0, 0.1) is 5.41 Å². The summed E-state index contributed by atoms with van der Waals surface area (Å²) in [5.74, 6) is 0. The number of nitrogens with two attached hydrogens (primary N) is 1. The minimum absolute atomic E-state index is 0.0498. The highest BCUT2D eigenvalue weighted by Crippen LogP contribution is 2.24. The molecule has 0 saturated heterocycles. The van der Waals surface area contributed by atoms with Gasteiger partial charge in [-0.3, -0.25) is 0 Å². The van der Waals surface area contributed by atoms with Gasteiger partial charge in [-0.05, 0) is 25.7 Å². The van der Waals surface area contributed by atoms with Crippen molar-refractivity contribution < 1.29 is 5.11 Å². The molecular weight excluding hydrogens is 126 g/mol. The fourth-order valence-corrected chi connectivity index (χ4v) is 0.947. The fraction of sp³-hybridized carbons (Fsp3) is 1.00. The lowest BCUT2D eigenvalue weighted by molar-refractivity contribution is 0.117. The molecule has 0 spiro atoms. The summed E-state index contributed by atoms with van der Waals surface area (Å²) in [6.07, 6.45) is 0.519. The normalized spacial score (nSPS) is 18.6. The molecule has 0 aliphatic heterocycles. The fourth-order valence-electron chi connectivity index (χ4n) is 0.947. The molecule has 0 fully saturated rings. The van der Waals surface area contributed by atoms with Crippen LogP contribution in [-0.4, -0.2) is 17.3 Å². The number of rotatable bonds is 3. The van der Waals surface area contributed by atoms with Gasteiger partial charge in [0.2, 0.25) is 0 Å². The summed E-state index contributed by atoms with van der Waals surface area (Å²) in [6.45, 7) is 7.92. The first-order chi connectivity index (χ1) is 4.36. The molecule has 0 saturated carbocycles. The maximum Gasteiger partial charge on any atom is 0.0517 e. The molecule has 3 N–H and O–H groups in total. The lowest BCUT2D eigenvalue weighted by Gasteiger charge is -2.30. The lowest BCUT2D eigenvalue weighted by atomic mass is 9.81. The van der Waals surface area contributed by atoms with Crippen LogP contribution in [0.3, 0.4) is 0 Å². The van der Waals surface area contributed by atoms with E-state index in [0.717, 1.165) is 6.42 Å². The summed E-state index contributed by atoms with van der Waals surface area (Å²) >= 11 is 0. The molecule has 0 aromatic rings.